The smallest absolute Gasteiger partial charge is 0.417 e. The summed E-state index contributed by atoms with van der Waals surface area (Å²) >= 11 is 5.66. The Balaban J connectivity index is 1.81. The van der Waals surface area contributed by atoms with Crippen LogP contribution in [-0.4, -0.2) is 58.7 Å². The molecule has 0 spiro atoms. The first kappa shape index (κ1) is 39.5. The van der Waals surface area contributed by atoms with Gasteiger partial charge in [-0.15, -0.1) is 0 Å². The Morgan fingerprint density at radius 1 is 0.920 bits per heavy atom. The number of unbranched alkanes of at least 4 members (excludes halogenated alkanes) is 2. The maximum absolute atomic E-state index is 13.8. The van der Waals surface area contributed by atoms with E-state index in [4.69, 9.17) is 17.3 Å². The lowest BCUT2D eigenvalue weighted by Gasteiger charge is -2.12. The molecule has 11 nitrogen and oxygen atoms in total. The highest BCUT2D eigenvalue weighted by Crippen LogP contribution is 2.36. The number of amides is 2. The van der Waals surface area contributed by atoms with Gasteiger partial charge in [0.15, 0.2) is 0 Å². The second-order valence-corrected chi connectivity index (χ2v) is 13.7. The summed E-state index contributed by atoms with van der Waals surface area (Å²) in [6.45, 7) is 0. The average Bonchev–Trinajstić information content (AvgIpc) is 3.08. The van der Waals surface area contributed by atoms with Crippen molar-refractivity contribution in [3.63, 3.8) is 0 Å². The molecule has 16 heteroatoms. The predicted octanol–water partition coefficient (Wildman–Crippen LogP) is 6.28. The number of esters is 2. The highest BCUT2D eigenvalue weighted by atomic mass is 35.5. The van der Waals surface area contributed by atoms with Crippen LogP contribution in [0.5, 0.6) is 0 Å². The number of anilines is 2. The van der Waals surface area contributed by atoms with Crippen molar-refractivity contribution in [3.8, 4) is 11.8 Å². The Labute approximate surface area is 292 Å². The maximum atomic E-state index is 13.8. The van der Waals surface area contributed by atoms with Crippen molar-refractivity contribution in [1.29, 1.82) is 0 Å². The summed E-state index contributed by atoms with van der Waals surface area (Å²) in [5, 5.41) is 1.90. The van der Waals surface area contributed by atoms with E-state index in [1.807, 2.05) is 0 Å². The second kappa shape index (κ2) is 18.2. The van der Waals surface area contributed by atoms with Gasteiger partial charge in [-0.1, -0.05) is 29.5 Å². The number of pyridine rings is 1. The van der Waals surface area contributed by atoms with Crippen LogP contribution in [0.2, 0.25) is 5.02 Å². The molecule has 0 saturated carbocycles. The molecule has 50 heavy (non-hydrogen) atoms. The van der Waals surface area contributed by atoms with Gasteiger partial charge in [0.1, 0.15) is 5.82 Å². The van der Waals surface area contributed by atoms with Crippen LogP contribution in [0.25, 0.3) is 0 Å². The molecule has 0 fully saturated rings. The lowest BCUT2D eigenvalue weighted by Crippen LogP contribution is -2.15. The van der Waals surface area contributed by atoms with Gasteiger partial charge in [0.2, 0.25) is 0 Å². The number of hydrogen-bond donors (Lipinski definition) is 2. The van der Waals surface area contributed by atoms with E-state index in [9.17, 15) is 36.6 Å². The van der Waals surface area contributed by atoms with E-state index < -0.39 is 50.2 Å². The maximum Gasteiger partial charge on any atom is 0.417 e. The van der Waals surface area contributed by atoms with Gasteiger partial charge in [-0.2, -0.15) is 17.5 Å². The number of carbonyl (C=O) groups is 4. The number of methoxy groups -OCH3 is 2. The Kier molecular flexibility index (Phi) is 14.4. The number of nitrogen functional groups attached to an aromatic ring is 1. The number of benzene rings is 2. The molecular formula is C34H34ClF3N4O7S. The predicted molar refractivity (Wildman–Crippen MR) is 182 cm³/mol. The van der Waals surface area contributed by atoms with Crippen molar-refractivity contribution in [2.75, 3.05) is 36.8 Å². The molecule has 1 aromatic heterocycles. The zero-order valence-electron chi connectivity index (χ0n) is 27.1. The lowest BCUT2D eigenvalue weighted by atomic mass is 10.1. The molecule has 3 aromatic rings. The van der Waals surface area contributed by atoms with Crippen LogP contribution in [-0.2, 0) is 35.0 Å². The van der Waals surface area contributed by atoms with E-state index in [1.54, 1.807) is 6.07 Å². The molecule has 0 saturated heterocycles. The third-order valence-corrected chi connectivity index (χ3v) is 9.74. The summed E-state index contributed by atoms with van der Waals surface area (Å²) < 4.78 is 66.7. The molecule has 0 aliphatic rings. The van der Waals surface area contributed by atoms with Crippen molar-refractivity contribution in [2.45, 2.75) is 44.7 Å². The Morgan fingerprint density at radius 2 is 1.56 bits per heavy atom. The minimum Gasteiger partial charge on any atom is -0.469 e. The van der Waals surface area contributed by atoms with Gasteiger partial charge in [0.05, 0.1) is 45.7 Å². The van der Waals surface area contributed by atoms with Gasteiger partial charge in [0, 0.05) is 47.4 Å². The van der Waals surface area contributed by atoms with E-state index in [0.717, 1.165) is 12.1 Å². The van der Waals surface area contributed by atoms with Crippen LogP contribution in [0, 0.1) is 11.8 Å². The minimum absolute atomic E-state index is 0.0162. The monoisotopic (exact) mass is 734 g/mol. The van der Waals surface area contributed by atoms with Gasteiger partial charge in [-0.3, -0.25) is 19.2 Å². The highest BCUT2D eigenvalue weighted by Gasteiger charge is 2.33. The van der Waals surface area contributed by atoms with E-state index in [1.165, 1.54) is 50.7 Å². The number of aromatic nitrogens is 1. The van der Waals surface area contributed by atoms with Crippen LogP contribution >= 0.6 is 11.6 Å². The number of alkyl halides is 3. The standard InChI is InChI=1S/C34H34ClF3N4O7S/c1-48-29(43)10-3-5-16-50(47,17-6-4-11-30(44)49-2)42-33(46)25-19-23(31(39)40-21-25)13-12-22-8-7-9-24(18-22)32(45)41-26-14-15-28(35)27(20-26)34(36,37)38/h7-9,14-15,18-21H,3-6,10-11,16-17H2,1-2H3,(H2,39,40)(H,41,45). The molecule has 2 aromatic carbocycles. The van der Waals surface area contributed by atoms with E-state index in [2.05, 4.69) is 36.0 Å². The van der Waals surface area contributed by atoms with Crippen molar-refractivity contribution in [2.24, 2.45) is 4.36 Å². The number of nitrogens with two attached hydrogens (primary N) is 1. The van der Waals surface area contributed by atoms with Crippen LogP contribution in [0.4, 0.5) is 24.7 Å². The van der Waals surface area contributed by atoms with Crippen LogP contribution in [0.1, 0.15) is 75.9 Å². The fourth-order valence-corrected chi connectivity index (χ4v) is 6.72. The molecule has 3 N–H and O–H groups in total. The topological polar surface area (TPSA) is 167 Å². The molecular weight excluding hydrogens is 701 g/mol. The Bertz CT molecular complexity index is 1900. The number of carbonyl (C=O) groups excluding carboxylic acids is 4. The summed E-state index contributed by atoms with van der Waals surface area (Å²) in [4.78, 5) is 53.0. The molecule has 0 atom stereocenters. The first-order valence-corrected chi connectivity index (χ1v) is 17.3. The number of rotatable bonds is 13. The fourth-order valence-electron chi connectivity index (χ4n) is 4.39. The van der Waals surface area contributed by atoms with Crippen LogP contribution in [0.3, 0.4) is 0 Å². The van der Waals surface area contributed by atoms with Gasteiger partial charge >= 0.3 is 18.1 Å². The summed E-state index contributed by atoms with van der Waals surface area (Å²) in [6.07, 6.45) is -1.88. The first-order chi connectivity index (χ1) is 23.6. The van der Waals surface area contributed by atoms with Gasteiger partial charge in [-0.05, 0) is 68.1 Å². The number of halogens is 4. The highest BCUT2D eigenvalue weighted by molar-refractivity contribution is 7.93. The normalized spacial score (nSPS) is 11.2. The largest absolute Gasteiger partial charge is 0.469 e. The molecule has 0 bridgehead atoms. The van der Waals surface area contributed by atoms with Crippen LogP contribution in [0.15, 0.2) is 59.1 Å². The molecule has 2 amide bonds. The van der Waals surface area contributed by atoms with Crippen molar-refractivity contribution >= 4 is 56.6 Å². The quantitative estimate of drug-likeness (QED) is 0.117. The Hall–Kier alpha value is -4.94. The lowest BCUT2D eigenvalue weighted by molar-refractivity contribution is -0.141. The average molecular weight is 735 g/mol. The molecule has 0 unspecified atom stereocenters. The van der Waals surface area contributed by atoms with Gasteiger partial charge < -0.3 is 20.5 Å². The zero-order valence-corrected chi connectivity index (χ0v) is 28.7. The molecule has 3 rings (SSSR count). The Morgan fingerprint density at radius 3 is 2.16 bits per heavy atom. The van der Waals surface area contributed by atoms with E-state index in [-0.39, 0.29) is 52.5 Å². The number of nitrogens with one attached hydrogen (secondary N) is 1. The van der Waals surface area contributed by atoms with Crippen molar-refractivity contribution in [3.05, 3.63) is 87.6 Å². The molecule has 0 radical (unpaired) electrons. The molecule has 1 heterocycles. The van der Waals surface area contributed by atoms with Crippen LogP contribution < -0.4 is 11.1 Å². The summed E-state index contributed by atoms with van der Waals surface area (Å²) in [5.41, 5.74) is 5.34. The van der Waals surface area contributed by atoms with Gasteiger partial charge in [0.25, 0.3) is 11.8 Å². The number of nitrogens with zero attached hydrogens (tertiary/aromatic N) is 2. The zero-order chi connectivity index (χ0) is 36.9. The summed E-state index contributed by atoms with van der Waals surface area (Å²) in [5.74, 6) is 3.31. The van der Waals surface area contributed by atoms with E-state index >= 15 is 0 Å². The van der Waals surface area contributed by atoms with Crippen molar-refractivity contribution in [1.82, 2.24) is 4.98 Å². The number of hydrogen-bond acceptors (Lipinski definition) is 9. The van der Waals surface area contributed by atoms with Gasteiger partial charge in [-0.25, -0.2) is 9.19 Å². The summed E-state index contributed by atoms with van der Waals surface area (Å²) in [7, 11) is -0.566. The third-order valence-electron chi connectivity index (χ3n) is 7.05. The minimum atomic E-state index is -4.71. The molecule has 0 aliphatic heterocycles. The molecule has 266 valence electrons. The first-order valence-electron chi connectivity index (χ1n) is 15.1. The van der Waals surface area contributed by atoms with E-state index in [0.29, 0.717) is 31.2 Å². The van der Waals surface area contributed by atoms with Crippen molar-refractivity contribution < 1.29 is 46.0 Å². The summed E-state index contributed by atoms with van der Waals surface area (Å²) in [6, 6.07) is 10.3. The third kappa shape index (κ3) is 12.2. The second-order valence-electron chi connectivity index (χ2n) is 10.8. The number of ether oxygens (including phenoxy) is 2. The molecule has 0 aliphatic carbocycles. The fraction of sp³-hybridized carbons (Fsp3) is 0.324. The SMILES string of the molecule is COC(=O)CCCCS(=O)(CCCCC(=O)OC)=NC(=O)c1cnc(N)c(C#Cc2cccc(C(=O)Nc3ccc(Cl)c(C(F)(F)F)c3)c2)c1.